The maximum absolute atomic E-state index is 12.2. The summed E-state index contributed by atoms with van der Waals surface area (Å²) in [5.74, 6) is 0.129. The smallest absolute Gasteiger partial charge is 0.240 e. The number of sulfonamides is 1. The van der Waals surface area contributed by atoms with E-state index in [4.69, 9.17) is 5.26 Å². The molecular weight excluding hydrogens is 288 g/mol. The van der Waals surface area contributed by atoms with Gasteiger partial charge in [0, 0.05) is 6.54 Å². The molecule has 0 saturated heterocycles. The van der Waals surface area contributed by atoms with Crippen LogP contribution in [0.5, 0.6) is 5.75 Å². The highest BCUT2D eigenvalue weighted by Crippen LogP contribution is 2.16. The van der Waals surface area contributed by atoms with Crippen molar-refractivity contribution in [2.75, 3.05) is 0 Å². The molecule has 0 aliphatic carbocycles. The number of phenolic OH excluding ortho intramolecular Hbond substituents is 1. The normalized spacial score (nSPS) is 11.0. The molecule has 0 aliphatic rings. The SMILES string of the molecule is Cc1cc(S(=O)(=O)NCc2ccc(O)cc2)ccc1C#N. The highest BCUT2D eigenvalue weighted by Gasteiger charge is 2.14. The van der Waals surface area contributed by atoms with Gasteiger partial charge < -0.3 is 5.11 Å². The van der Waals surface area contributed by atoms with Crippen LogP contribution in [-0.2, 0) is 16.6 Å². The van der Waals surface area contributed by atoms with Crippen molar-refractivity contribution in [3.63, 3.8) is 0 Å². The molecule has 0 aromatic heterocycles. The molecule has 2 rings (SSSR count). The molecule has 0 unspecified atom stereocenters. The van der Waals surface area contributed by atoms with Gasteiger partial charge in [0.15, 0.2) is 0 Å². The van der Waals surface area contributed by atoms with E-state index in [0.717, 1.165) is 5.56 Å². The first-order valence-corrected chi connectivity index (χ1v) is 7.69. The van der Waals surface area contributed by atoms with E-state index in [2.05, 4.69) is 4.72 Å². The van der Waals surface area contributed by atoms with E-state index < -0.39 is 10.0 Å². The van der Waals surface area contributed by atoms with Crippen molar-refractivity contribution in [1.29, 1.82) is 5.26 Å². The van der Waals surface area contributed by atoms with Gasteiger partial charge >= 0.3 is 0 Å². The number of nitriles is 1. The fraction of sp³-hybridized carbons (Fsp3) is 0.133. The minimum atomic E-state index is -3.64. The molecule has 2 aromatic rings. The van der Waals surface area contributed by atoms with Crippen molar-refractivity contribution in [2.24, 2.45) is 0 Å². The highest BCUT2D eigenvalue weighted by molar-refractivity contribution is 7.89. The molecule has 0 fully saturated rings. The molecule has 0 atom stereocenters. The Kier molecular flexibility index (Phi) is 4.26. The number of aryl methyl sites for hydroxylation is 1. The summed E-state index contributed by atoms with van der Waals surface area (Å²) in [6.45, 7) is 1.82. The Morgan fingerprint density at radius 2 is 1.86 bits per heavy atom. The highest BCUT2D eigenvalue weighted by atomic mass is 32.2. The van der Waals surface area contributed by atoms with Crippen molar-refractivity contribution in [3.05, 3.63) is 59.2 Å². The van der Waals surface area contributed by atoms with Crippen LogP contribution in [0, 0.1) is 18.3 Å². The third kappa shape index (κ3) is 3.60. The Bertz CT molecular complexity index is 791. The molecule has 2 aromatic carbocycles. The molecule has 0 saturated carbocycles. The van der Waals surface area contributed by atoms with Gasteiger partial charge in [0.05, 0.1) is 16.5 Å². The van der Waals surface area contributed by atoms with Crippen molar-refractivity contribution in [3.8, 4) is 11.8 Å². The van der Waals surface area contributed by atoms with Crippen LogP contribution in [0.4, 0.5) is 0 Å². The zero-order valence-electron chi connectivity index (χ0n) is 11.4. The summed E-state index contributed by atoms with van der Waals surface area (Å²) < 4.78 is 26.8. The zero-order valence-corrected chi connectivity index (χ0v) is 12.2. The average molecular weight is 302 g/mol. The molecule has 0 spiro atoms. The fourth-order valence-corrected chi connectivity index (χ4v) is 2.91. The van der Waals surface area contributed by atoms with Crippen molar-refractivity contribution in [1.82, 2.24) is 4.72 Å². The molecule has 108 valence electrons. The summed E-state index contributed by atoms with van der Waals surface area (Å²) in [5.41, 5.74) is 1.80. The van der Waals surface area contributed by atoms with Crippen LogP contribution in [0.3, 0.4) is 0 Å². The average Bonchev–Trinajstić information content (AvgIpc) is 2.46. The van der Waals surface area contributed by atoms with E-state index in [1.807, 2.05) is 6.07 Å². The van der Waals surface area contributed by atoms with Gasteiger partial charge in [-0.15, -0.1) is 0 Å². The Balaban J connectivity index is 2.17. The van der Waals surface area contributed by atoms with Gasteiger partial charge in [0.1, 0.15) is 5.75 Å². The Morgan fingerprint density at radius 3 is 2.43 bits per heavy atom. The number of aromatic hydroxyl groups is 1. The first-order chi connectivity index (χ1) is 9.92. The van der Waals surface area contributed by atoms with E-state index in [0.29, 0.717) is 11.1 Å². The molecule has 21 heavy (non-hydrogen) atoms. The first kappa shape index (κ1) is 15.0. The Hall–Kier alpha value is -2.36. The monoisotopic (exact) mass is 302 g/mol. The van der Waals surface area contributed by atoms with E-state index in [1.165, 1.54) is 30.3 Å². The number of benzene rings is 2. The number of nitrogens with one attached hydrogen (secondary N) is 1. The summed E-state index contributed by atoms with van der Waals surface area (Å²) in [5, 5.41) is 18.0. The van der Waals surface area contributed by atoms with Gasteiger partial charge in [0.2, 0.25) is 10.0 Å². The third-order valence-electron chi connectivity index (χ3n) is 3.03. The van der Waals surface area contributed by atoms with E-state index in [1.54, 1.807) is 19.1 Å². The molecule has 0 heterocycles. The second-order valence-electron chi connectivity index (χ2n) is 4.58. The number of hydrogen-bond donors (Lipinski definition) is 2. The second kappa shape index (κ2) is 5.95. The largest absolute Gasteiger partial charge is 0.508 e. The third-order valence-corrected chi connectivity index (χ3v) is 4.43. The summed E-state index contributed by atoms with van der Waals surface area (Å²) in [6.07, 6.45) is 0. The van der Waals surface area contributed by atoms with Crippen LogP contribution in [0.2, 0.25) is 0 Å². The van der Waals surface area contributed by atoms with Crippen molar-refractivity contribution < 1.29 is 13.5 Å². The van der Waals surface area contributed by atoms with E-state index >= 15 is 0 Å². The first-order valence-electron chi connectivity index (χ1n) is 6.21. The summed E-state index contributed by atoms with van der Waals surface area (Å²) in [6, 6.07) is 12.6. The predicted molar refractivity (Wildman–Crippen MR) is 78.0 cm³/mol. The number of hydrogen-bond acceptors (Lipinski definition) is 4. The van der Waals surface area contributed by atoms with E-state index in [9.17, 15) is 13.5 Å². The van der Waals surface area contributed by atoms with Gasteiger partial charge in [-0.25, -0.2) is 13.1 Å². The van der Waals surface area contributed by atoms with Crippen LogP contribution in [-0.4, -0.2) is 13.5 Å². The van der Waals surface area contributed by atoms with Gasteiger partial charge in [-0.05, 0) is 48.4 Å². The summed E-state index contributed by atoms with van der Waals surface area (Å²) in [4.78, 5) is 0.123. The number of nitrogens with zero attached hydrogens (tertiary/aromatic N) is 1. The van der Waals surface area contributed by atoms with Crippen LogP contribution >= 0.6 is 0 Å². The maximum Gasteiger partial charge on any atom is 0.240 e. The second-order valence-corrected chi connectivity index (χ2v) is 6.35. The van der Waals surface area contributed by atoms with Gasteiger partial charge in [-0.2, -0.15) is 5.26 Å². The molecule has 0 amide bonds. The molecule has 0 radical (unpaired) electrons. The lowest BCUT2D eigenvalue weighted by Gasteiger charge is -2.08. The molecule has 2 N–H and O–H groups in total. The standard InChI is InChI=1S/C15H14N2O3S/c1-11-8-15(7-4-13(11)9-16)21(19,20)17-10-12-2-5-14(18)6-3-12/h2-8,17-18H,10H2,1H3. The Labute approximate surface area is 123 Å². The number of phenols is 1. The van der Waals surface area contributed by atoms with Gasteiger partial charge in [0.25, 0.3) is 0 Å². The molecule has 6 heteroatoms. The lowest BCUT2D eigenvalue weighted by molar-refractivity contribution is 0.475. The van der Waals surface area contributed by atoms with Crippen LogP contribution < -0.4 is 4.72 Å². The molecule has 0 aliphatic heterocycles. The summed E-state index contributed by atoms with van der Waals surface area (Å²) >= 11 is 0. The molecular formula is C15H14N2O3S. The lowest BCUT2D eigenvalue weighted by Crippen LogP contribution is -2.23. The fourth-order valence-electron chi connectivity index (χ4n) is 1.80. The Morgan fingerprint density at radius 1 is 1.19 bits per heavy atom. The van der Waals surface area contributed by atoms with Crippen LogP contribution in [0.25, 0.3) is 0 Å². The predicted octanol–water partition coefficient (Wildman–Crippen LogP) is 2.05. The minimum absolute atomic E-state index is 0.123. The van der Waals surface area contributed by atoms with Crippen molar-refractivity contribution in [2.45, 2.75) is 18.4 Å². The van der Waals surface area contributed by atoms with Crippen LogP contribution in [0.1, 0.15) is 16.7 Å². The maximum atomic E-state index is 12.2. The van der Waals surface area contributed by atoms with Crippen LogP contribution in [0.15, 0.2) is 47.4 Å². The summed E-state index contributed by atoms with van der Waals surface area (Å²) in [7, 11) is -3.64. The molecule has 0 bridgehead atoms. The lowest BCUT2D eigenvalue weighted by atomic mass is 10.1. The minimum Gasteiger partial charge on any atom is -0.508 e. The molecule has 5 nitrogen and oxygen atoms in total. The van der Waals surface area contributed by atoms with E-state index in [-0.39, 0.29) is 17.2 Å². The quantitative estimate of drug-likeness (QED) is 0.904. The topological polar surface area (TPSA) is 90.2 Å². The van der Waals surface area contributed by atoms with Gasteiger partial charge in [-0.1, -0.05) is 12.1 Å². The number of rotatable bonds is 4. The van der Waals surface area contributed by atoms with Crippen molar-refractivity contribution >= 4 is 10.0 Å². The zero-order chi connectivity index (χ0) is 15.5. The van der Waals surface area contributed by atoms with Gasteiger partial charge in [-0.3, -0.25) is 0 Å².